The van der Waals surface area contributed by atoms with Crippen LogP contribution in [0.2, 0.25) is 0 Å². The number of hydrogen-bond donors (Lipinski definition) is 1. The SMILES string of the molecule is CCC(N)C1CCCN(Cc2ccc(OC)cc2)C1. The Balaban J connectivity index is 1.90. The number of piperidine rings is 1. The highest BCUT2D eigenvalue weighted by atomic mass is 16.5. The summed E-state index contributed by atoms with van der Waals surface area (Å²) in [6.07, 6.45) is 3.64. The molecule has 2 N–H and O–H groups in total. The van der Waals surface area contributed by atoms with E-state index in [1.54, 1.807) is 7.11 Å². The van der Waals surface area contributed by atoms with Crippen molar-refractivity contribution < 1.29 is 4.74 Å². The van der Waals surface area contributed by atoms with Crippen LogP contribution in [0.25, 0.3) is 0 Å². The second-order valence-corrected chi connectivity index (χ2v) is 5.56. The highest BCUT2D eigenvalue weighted by Crippen LogP contribution is 2.22. The Bertz CT molecular complexity index is 377. The molecule has 0 bridgehead atoms. The van der Waals surface area contributed by atoms with E-state index >= 15 is 0 Å². The fraction of sp³-hybridized carbons (Fsp3) is 0.625. The number of ether oxygens (including phenoxy) is 1. The van der Waals surface area contributed by atoms with Crippen molar-refractivity contribution in [1.29, 1.82) is 0 Å². The lowest BCUT2D eigenvalue weighted by atomic mass is 9.89. The van der Waals surface area contributed by atoms with E-state index in [-0.39, 0.29) is 0 Å². The Kier molecular flexibility index (Phi) is 5.23. The summed E-state index contributed by atoms with van der Waals surface area (Å²) in [4.78, 5) is 2.53. The molecule has 0 spiro atoms. The van der Waals surface area contributed by atoms with Crippen molar-refractivity contribution in [1.82, 2.24) is 4.90 Å². The number of benzene rings is 1. The van der Waals surface area contributed by atoms with Crippen LogP contribution in [0.15, 0.2) is 24.3 Å². The van der Waals surface area contributed by atoms with Crippen molar-refractivity contribution in [3.63, 3.8) is 0 Å². The molecular weight excluding hydrogens is 236 g/mol. The zero-order valence-corrected chi connectivity index (χ0v) is 12.1. The molecule has 1 aromatic rings. The van der Waals surface area contributed by atoms with E-state index in [1.165, 1.54) is 24.9 Å². The van der Waals surface area contributed by atoms with E-state index in [0.29, 0.717) is 12.0 Å². The maximum atomic E-state index is 6.20. The molecule has 3 heteroatoms. The highest BCUT2D eigenvalue weighted by molar-refractivity contribution is 5.27. The molecule has 106 valence electrons. The van der Waals surface area contributed by atoms with Gasteiger partial charge in [-0.3, -0.25) is 4.90 Å². The van der Waals surface area contributed by atoms with Crippen LogP contribution >= 0.6 is 0 Å². The summed E-state index contributed by atoms with van der Waals surface area (Å²) in [5.74, 6) is 1.59. The lowest BCUT2D eigenvalue weighted by Crippen LogP contribution is -2.42. The Labute approximate surface area is 116 Å². The smallest absolute Gasteiger partial charge is 0.118 e. The molecule has 1 aliphatic rings. The van der Waals surface area contributed by atoms with Gasteiger partial charge < -0.3 is 10.5 Å². The maximum absolute atomic E-state index is 6.20. The van der Waals surface area contributed by atoms with Gasteiger partial charge in [-0.05, 0) is 49.4 Å². The van der Waals surface area contributed by atoms with Crippen LogP contribution in [0.5, 0.6) is 5.75 Å². The van der Waals surface area contributed by atoms with E-state index in [1.807, 2.05) is 12.1 Å². The van der Waals surface area contributed by atoms with Gasteiger partial charge in [0.15, 0.2) is 0 Å². The van der Waals surface area contributed by atoms with Crippen LogP contribution in [-0.2, 0) is 6.54 Å². The second kappa shape index (κ2) is 6.92. The predicted octanol–water partition coefficient (Wildman–Crippen LogP) is 2.64. The van der Waals surface area contributed by atoms with Crippen molar-refractivity contribution >= 4 is 0 Å². The van der Waals surface area contributed by atoms with E-state index in [9.17, 15) is 0 Å². The van der Waals surface area contributed by atoms with Crippen LogP contribution in [-0.4, -0.2) is 31.1 Å². The molecule has 1 saturated heterocycles. The molecule has 1 fully saturated rings. The van der Waals surface area contributed by atoms with Gasteiger partial charge in [0, 0.05) is 19.1 Å². The number of rotatable bonds is 5. The Morgan fingerprint density at radius 3 is 2.74 bits per heavy atom. The summed E-state index contributed by atoms with van der Waals surface area (Å²) in [6.45, 7) is 5.55. The predicted molar refractivity (Wildman–Crippen MR) is 79.3 cm³/mol. The van der Waals surface area contributed by atoms with Crippen LogP contribution in [0.1, 0.15) is 31.7 Å². The minimum Gasteiger partial charge on any atom is -0.497 e. The van der Waals surface area contributed by atoms with Gasteiger partial charge in [0.25, 0.3) is 0 Å². The van der Waals surface area contributed by atoms with Crippen LogP contribution < -0.4 is 10.5 Å². The minimum absolute atomic E-state index is 0.360. The summed E-state index contributed by atoms with van der Waals surface area (Å²) in [7, 11) is 1.70. The molecule has 2 rings (SSSR count). The first-order chi connectivity index (χ1) is 9.22. The Hall–Kier alpha value is -1.06. The van der Waals surface area contributed by atoms with Gasteiger partial charge >= 0.3 is 0 Å². The molecule has 0 aromatic heterocycles. The van der Waals surface area contributed by atoms with Crippen LogP contribution in [0.4, 0.5) is 0 Å². The summed E-state index contributed by atoms with van der Waals surface area (Å²) in [5.41, 5.74) is 7.55. The van der Waals surface area contributed by atoms with Gasteiger partial charge in [-0.2, -0.15) is 0 Å². The van der Waals surface area contributed by atoms with Crippen molar-refractivity contribution in [3.05, 3.63) is 29.8 Å². The minimum atomic E-state index is 0.360. The highest BCUT2D eigenvalue weighted by Gasteiger charge is 2.23. The number of nitrogens with two attached hydrogens (primary N) is 1. The molecule has 1 aromatic carbocycles. The summed E-state index contributed by atoms with van der Waals surface area (Å²) in [5, 5.41) is 0. The third kappa shape index (κ3) is 3.95. The number of nitrogens with zero attached hydrogens (tertiary/aromatic N) is 1. The standard InChI is InChI=1S/C16H26N2O/c1-3-16(17)14-5-4-10-18(12-14)11-13-6-8-15(19-2)9-7-13/h6-9,14,16H,3-5,10-12,17H2,1-2H3. The van der Waals surface area contributed by atoms with Gasteiger partial charge in [-0.1, -0.05) is 19.1 Å². The van der Waals surface area contributed by atoms with E-state index in [4.69, 9.17) is 10.5 Å². The molecule has 2 atom stereocenters. The number of methoxy groups -OCH3 is 1. The summed E-state index contributed by atoms with van der Waals surface area (Å²) < 4.78 is 5.19. The molecule has 1 heterocycles. The van der Waals surface area contributed by atoms with E-state index < -0.39 is 0 Å². The van der Waals surface area contributed by atoms with Gasteiger partial charge in [0.2, 0.25) is 0 Å². The lowest BCUT2D eigenvalue weighted by molar-refractivity contribution is 0.149. The quantitative estimate of drug-likeness (QED) is 0.886. The molecular formula is C16H26N2O. The first-order valence-corrected chi connectivity index (χ1v) is 7.33. The Morgan fingerprint density at radius 2 is 2.11 bits per heavy atom. The summed E-state index contributed by atoms with van der Waals surface area (Å²) >= 11 is 0. The molecule has 2 unspecified atom stereocenters. The van der Waals surface area contributed by atoms with Crippen molar-refractivity contribution in [3.8, 4) is 5.75 Å². The third-order valence-electron chi connectivity index (χ3n) is 4.18. The van der Waals surface area contributed by atoms with Crippen molar-refractivity contribution in [2.24, 2.45) is 11.7 Å². The molecule has 1 aliphatic heterocycles. The molecule has 0 amide bonds. The van der Waals surface area contributed by atoms with Gasteiger partial charge in [-0.25, -0.2) is 0 Å². The first-order valence-electron chi connectivity index (χ1n) is 7.33. The topological polar surface area (TPSA) is 38.5 Å². The zero-order chi connectivity index (χ0) is 13.7. The molecule has 0 aliphatic carbocycles. The largest absolute Gasteiger partial charge is 0.497 e. The molecule has 0 radical (unpaired) electrons. The molecule has 0 saturated carbocycles. The normalized spacial score (nSPS) is 22.2. The lowest BCUT2D eigenvalue weighted by Gasteiger charge is -2.35. The van der Waals surface area contributed by atoms with Gasteiger partial charge in [0.1, 0.15) is 5.75 Å². The van der Waals surface area contributed by atoms with Crippen LogP contribution in [0, 0.1) is 5.92 Å². The maximum Gasteiger partial charge on any atom is 0.118 e. The van der Waals surface area contributed by atoms with Crippen molar-refractivity contribution in [2.45, 2.75) is 38.8 Å². The fourth-order valence-electron chi connectivity index (χ4n) is 2.91. The number of hydrogen-bond acceptors (Lipinski definition) is 3. The summed E-state index contributed by atoms with van der Waals surface area (Å²) in [6, 6.07) is 8.74. The van der Waals surface area contributed by atoms with Gasteiger partial charge in [-0.15, -0.1) is 0 Å². The monoisotopic (exact) mass is 262 g/mol. The molecule has 3 nitrogen and oxygen atoms in total. The van der Waals surface area contributed by atoms with Gasteiger partial charge in [0.05, 0.1) is 7.11 Å². The fourth-order valence-corrected chi connectivity index (χ4v) is 2.91. The first kappa shape index (κ1) is 14.4. The number of likely N-dealkylation sites (tertiary alicyclic amines) is 1. The average Bonchev–Trinajstić information content (AvgIpc) is 2.47. The molecule has 19 heavy (non-hydrogen) atoms. The average molecular weight is 262 g/mol. The zero-order valence-electron chi connectivity index (χ0n) is 12.1. The van der Waals surface area contributed by atoms with E-state index in [2.05, 4.69) is 24.0 Å². The second-order valence-electron chi connectivity index (χ2n) is 5.56. The Morgan fingerprint density at radius 1 is 1.37 bits per heavy atom. The van der Waals surface area contributed by atoms with Crippen molar-refractivity contribution in [2.75, 3.05) is 20.2 Å². The third-order valence-corrected chi connectivity index (χ3v) is 4.18. The van der Waals surface area contributed by atoms with E-state index in [0.717, 1.165) is 25.3 Å². The van der Waals surface area contributed by atoms with Crippen LogP contribution in [0.3, 0.4) is 0 Å².